The highest BCUT2D eigenvalue weighted by molar-refractivity contribution is 6.07. The zero-order valence-electron chi connectivity index (χ0n) is 18.1. The van der Waals surface area contributed by atoms with Crippen molar-refractivity contribution in [1.29, 1.82) is 0 Å². The Kier molecular flexibility index (Phi) is 4.74. The molecular weight excluding hydrogens is 402 g/mol. The van der Waals surface area contributed by atoms with E-state index in [0.29, 0.717) is 22.5 Å². The molecule has 2 heterocycles. The Morgan fingerprint density at radius 2 is 1.69 bits per heavy atom. The summed E-state index contributed by atoms with van der Waals surface area (Å²) >= 11 is 0. The number of benzene rings is 3. The standard InChI is InChI=1S/C27H23NO4/c1-15(2)17-10-13-21-20(14-17)23(25(28-21)16-8-11-18(31-3)12-9-16)24-26(29)19-6-4-5-7-22(19)32-27(24)30/h4-15,28-29H,1-3H3. The van der Waals surface area contributed by atoms with Crippen molar-refractivity contribution in [2.24, 2.45) is 0 Å². The number of methoxy groups -OCH3 is 1. The first-order valence-corrected chi connectivity index (χ1v) is 10.5. The van der Waals surface area contributed by atoms with E-state index < -0.39 is 5.63 Å². The Morgan fingerprint density at radius 3 is 2.41 bits per heavy atom. The van der Waals surface area contributed by atoms with Crippen LogP contribution in [-0.4, -0.2) is 17.2 Å². The number of ether oxygens (including phenoxy) is 1. The lowest BCUT2D eigenvalue weighted by atomic mass is 9.95. The van der Waals surface area contributed by atoms with Crippen LogP contribution in [0.2, 0.25) is 0 Å². The quantitative estimate of drug-likeness (QED) is 0.325. The number of aromatic amines is 1. The monoisotopic (exact) mass is 425 g/mol. The van der Waals surface area contributed by atoms with Gasteiger partial charge in [0.05, 0.1) is 18.2 Å². The first-order valence-electron chi connectivity index (χ1n) is 10.5. The van der Waals surface area contributed by atoms with Gasteiger partial charge in [0.1, 0.15) is 22.6 Å². The van der Waals surface area contributed by atoms with Gasteiger partial charge < -0.3 is 19.2 Å². The molecule has 0 saturated carbocycles. The van der Waals surface area contributed by atoms with Gasteiger partial charge >= 0.3 is 5.63 Å². The summed E-state index contributed by atoms with van der Waals surface area (Å²) in [6.07, 6.45) is 0. The van der Waals surface area contributed by atoms with Gasteiger partial charge in [0.15, 0.2) is 0 Å². The lowest BCUT2D eigenvalue weighted by molar-refractivity contribution is 0.415. The second-order valence-corrected chi connectivity index (χ2v) is 8.17. The summed E-state index contributed by atoms with van der Waals surface area (Å²) in [5.74, 6) is 0.970. The topological polar surface area (TPSA) is 75.5 Å². The first kappa shape index (κ1) is 19.9. The van der Waals surface area contributed by atoms with E-state index in [0.717, 1.165) is 33.5 Å². The molecule has 5 aromatic rings. The molecule has 0 saturated heterocycles. The molecule has 5 heteroatoms. The van der Waals surface area contributed by atoms with Gasteiger partial charge in [0.25, 0.3) is 0 Å². The van der Waals surface area contributed by atoms with Crippen LogP contribution in [0.4, 0.5) is 0 Å². The fraction of sp³-hybridized carbons (Fsp3) is 0.148. The third kappa shape index (κ3) is 3.14. The molecule has 0 aliphatic rings. The highest BCUT2D eigenvalue weighted by Crippen LogP contribution is 2.43. The SMILES string of the molecule is COc1ccc(-c2[nH]c3ccc(C(C)C)cc3c2-c2c(O)c3ccccc3oc2=O)cc1. The van der Waals surface area contributed by atoms with Crippen LogP contribution in [0.3, 0.4) is 0 Å². The molecule has 0 fully saturated rings. The molecule has 0 atom stereocenters. The summed E-state index contributed by atoms with van der Waals surface area (Å²) in [5, 5.41) is 12.6. The minimum atomic E-state index is -0.577. The number of aromatic nitrogens is 1. The Bertz CT molecular complexity index is 1510. The summed E-state index contributed by atoms with van der Waals surface area (Å²) < 4.78 is 10.9. The molecule has 32 heavy (non-hydrogen) atoms. The fourth-order valence-corrected chi connectivity index (χ4v) is 4.16. The Balaban J connectivity index is 1.89. The van der Waals surface area contributed by atoms with Gasteiger partial charge in [-0.05, 0) is 65.6 Å². The van der Waals surface area contributed by atoms with Crippen LogP contribution in [-0.2, 0) is 0 Å². The smallest absolute Gasteiger partial charge is 0.348 e. The van der Waals surface area contributed by atoms with Gasteiger partial charge in [-0.3, -0.25) is 0 Å². The Labute approximate surface area is 184 Å². The predicted molar refractivity (Wildman–Crippen MR) is 128 cm³/mol. The number of rotatable bonds is 4. The average Bonchev–Trinajstić information content (AvgIpc) is 3.17. The van der Waals surface area contributed by atoms with Crippen molar-refractivity contribution in [2.45, 2.75) is 19.8 Å². The molecule has 2 N–H and O–H groups in total. The first-order chi connectivity index (χ1) is 15.5. The largest absolute Gasteiger partial charge is 0.506 e. The van der Waals surface area contributed by atoms with Crippen molar-refractivity contribution in [3.8, 4) is 33.9 Å². The molecule has 160 valence electrons. The van der Waals surface area contributed by atoms with Crippen LogP contribution < -0.4 is 10.4 Å². The van der Waals surface area contributed by atoms with Crippen molar-refractivity contribution in [2.75, 3.05) is 7.11 Å². The van der Waals surface area contributed by atoms with Gasteiger partial charge in [-0.15, -0.1) is 0 Å². The number of nitrogens with one attached hydrogen (secondary N) is 1. The average molecular weight is 425 g/mol. The highest BCUT2D eigenvalue weighted by atomic mass is 16.5. The molecule has 2 aromatic heterocycles. The Morgan fingerprint density at radius 1 is 0.938 bits per heavy atom. The van der Waals surface area contributed by atoms with E-state index in [-0.39, 0.29) is 11.3 Å². The van der Waals surface area contributed by atoms with Crippen molar-refractivity contribution < 1.29 is 14.3 Å². The summed E-state index contributed by atoms with van der Waals surface area (Å²) in [7, 11) is 1.62. The molecule has 0 amide bonds. The van der Waals surface area contributed by atoms with Gasteiger partial charge in [-0.25, -0.2) is 4.79 Å². The lowest BCUT2D eigenvalue weighted by Crippen LogP contribution is -2.04. The molecule has 0 aliphatic carbocycles. The Hall–Kier alpha value is -3.99. The van der Waals surface area contributed by atoms with Crippen molar-refractivity contribution >= 4 is 21.9 Å². The van der Waals surface area contributed by atoms with Crippen LogP contribution in [0.5, 0.6) is 11.5 Å². The zero-order chi connectivity index (χ0) is 22.4. The van der Waals surface area contributed by atoms with E-state index in [1.807, 2.05) is 36.4 Å². The second kappa shape index (κ2) is 7.61. The summed E-state index contributed by atoms with van der Waals surface area (Å²) in [6.45, 7) is 4.25. The molecule has 0 radical (unpaired) electrons. The van der Waals surface area contributed by atoms with E-state index in [9.17, 15) is 9.90 Å². The number of aromatic hydroxyl groups is 1. The van der Waals surface area contributed by atoms with Gasteiger partial charge in [0.2, 0.25) is 0 Å². The summed E-state index contributed by atoms with van der Waals surface area (Å²) in [6, 6.07) is 20.8. The molecular formula is C27H23NO4. The van der Waals surface area contributed by atoms with Crippen LogP contribution >= 0.6 is 0 Å². The van der Waals surface area contributed by atoms with Crippen LogP contribution in [0.15, 0.2) is 75.9 Å². The van der Waals surface area contributed by atoms with Crippen molar-refractivity contribution in [3.05, 3.63) is 82.7 Å². The van der Waals surface area contributed by atoms with E-state index >= 15 is 0 Å². The zero-order valence-corrected chi connectivity index (χ0v) is 18.1. The third-order valence-corrected chi connectivity index (χ3v) is 5.90. The van der Waals surface area contributed by atoms with Crippen molar-refractivity contribution in [1.82, 2.24) is 4.98 Å². The number of hydrogen-bond acceptors (Lipinski definition) is 4. The van der Waals surface area contributed by atoms with Gasteiger partial charge in [0, 0.05) is 16.5 Å². The van der Waals surface area contributed by atoms with Gasteiger partial charge in [-0.1, -0.05) is 32.0 Å². The second-order valence-electron chi connectivity index (χ2n) is 8.17. The number of H-pyrrole nitrogens is 1. The van der Waals surface area contributed by atoms with E-state index in [2.05, 4.69) is 31.0 Å². The minimum Gasteiger partial charge on any atom is -0.506 e. The maximum absolute atomic E-state index is 13.1. The number of hydrogen-bond donors (Lipinski definition) is 2. The third-order valence-electron chi connectivity index (χ3n) is 5.90. The summed E-state index contributed by atoms with van der Waals surface area (Å²) in [4.78, 5) is 16.6. The lowest BCUT2D eigenvalue weighted by Gasteiger charge is -2.10. The predicted octanol–water partition coefficient (Wildman–Crippen LogP) is 6.45. The van der Waals surface area contributed by atoms with Crippen LogP contribution in [0, 0.1) is 0 Å². The molecule has 0 aliphatic heterocycles. The van der Waals surface area contributed by atoms with Crippen LogP contribution in [0.1, 0.15) is 25.3 Å². The maximum atomic E-state index is 13.1. The number of para-hydroxylation sites is 1. The van der Waals surface area contributed by atoms with E-state index in [1.54, 1.807) is 25.3 Å². The fourth-order valence-electron chi connectivity index (χ4n) is 4.16. The van der Waals surface area contributed by atoms with E-state index in [1.165, 1.54) is 0 Å². The number of fused-ring (bicyclic) bond motifs is 2. The molecule has 0 unspecified atom stereocenters. The molecule has 5 nitrogen and oxygen atoms in total. The molecule has 5 rings (SSSR count). The normalized spacial score (nSPS) is 11.5. The van der Waals surface area contributed by atoms with E-state index in [4.69, 9.17) is 9.15 Å². The molecule has 0 bridgehead atoms. The van der Waals surface area contributed by atoms with Crippen molar-refractivity contribution in [3.63, 3.8) is 0 Å². The molecule has 3 aromatic carbocycles. The maximum Gasteiger partial charge on any atom is 0.348 e. The van der Waals surface area contributed by atoms with Crippen LogP contribution in [0.25, 0.3) is 44.3 Å². The minimum absolute atomic E-state index is 0.0811. The highest BCUT2D eigenvalue weighted by Gasteiger charge is 2.24. The van der Waals surface area contributed by atoms with Gasteiger partial charge in [-0.2, -0.15) is 0 Å². The molecule has 0 spiro atoms. The summed E-state index contributed by atoms with van der Waals surface area (Å²) in [5.41, 5.74) is 4.19.